The van der Waals surface area contributed by atoms with E-state index in [4.69, 9.17) is 0 Å². The van der Waals surface area contributed by atoms with Gasteiger partial charge in [-0.15, -0.1) is 0 Å². The molecule has 0 saturated carbocycles. The third-order valence-electron chi connectivity index (χ3n) is 5.12. The van der Waals surface area contributed by atoms with Crippen molar-refractivity contribution in [1.29, 1.82) is 0 Å². The highest BCUT2D eigenvalue weighted by atomic mass is 15.0. The number of aromatic nitrogens is 4. The van der Waals surface area contributed by atoms with Crippen molar-refractivity contribution < 1.29 is 0 Å². The van der Waals surface area contributed by atoms with Crippen molar-refractivity contribution in [1.82, 2.24) is 18.8 Å². The number of imidazole rings is 2. The first-order valence-corrected chi connectivity index (χ1v) is 9.13. The number of rotatable bonds is 3. The Hall–Kier alpha value is -3.40. The van der Waals surface area contributed by atoms with Crippen LogP contribution < -0.4 is 0 Å². The molecule has 5 aromatic rings. The summed E-state index contributed by atoms with van der Waals surface area (Å²) in [7, 11) is 0. The van der Waals surface area contributed by atoms with E-state index in [1.807, 2.05) is 12.4 Å². The van der Waals surface area contributed by atoms with Crippen LogP contribution in [-0.2, 0) is 0 Å². The number of pyridine rings is 2. The lowest BCUT2D eigenvalue weighted by Gasteiger charge is -2.17. The summed E-state index contributed by atoms with van der Waals surface area (Å²) in [5, 5.41) is 0. The fraction of sp³-hybridized carbons (Fsp3) is 0.130. The van der Waals surface area contributed by atoms with E-state index in [9.17, 15) is 0 Å². The molecule has 4 heteroatoms. The van der Waals surface area contributed by atoms with Gasteiger partial charge in [0, 0.05) is 12.4 Å². The minimum Gasteiger partial charge on any atom is -0.303 e. The lowest BCUT2D eigenvalue weighted by Crippen LogP contribution is -2.09. The topological polar surface area (TPSA) is 34.6 Å². The highest BCUT2D eigenvalue weighted by Crippen LogP contribution is 2.33. The van der Waals surface area contributed by atoms with E-state index < -0.39 is 0 Å². The first-order valence-electron chi connectivity index (χ1n) is 9.13. The Bertz CT molecular complexity index is 1170. The van der Waals surface area contributed by atoms with Crippen LogP contribution in [0.15, 0.2) is 79.4 Å². The minimum absolute atomic E-state index is 0.0432. The van der Waals surface area contributed by atoms with Crippen molar-refractivity contribution >= 4 is 11.3 Å². The summed E-state index contributed by atoms with van der Waals surface area (Å²) >= 11 is 0. The lowest BCUT2D eigenvalue weighted by molar-refractivity contribution is 0.845. The normalized spacial score (nSPS) is 11.7. The molecule has 5 rings (SSSR count). The molecule has 0 N–H and O–H groups in total. The Morgan fingerprint density at radius 3 is 1.74 bits per heavy atom. The Labute approximate surface area is 157 Å². The number of benzene rings is 1. The van der Waals surface area contributed by atoms with Gasteiger partial charge in [0.15, 0.2) is 0 Å². The van der Waals surface area contributed by atoms with Gasteiger partial charge in [0.25, 0.3) is 0 Å². The van der Waals surface area contributed by atoms with Gasteiger partial charge in [-0.05, 0) is 54.8 Å². The van der Waals surface area contributed by atoms with E-state index in [2.05, 4.69) is 99.6 Å². The summed E-state index contributed by atoms with van der Waals surface area (Å²) in [5.74, 6) is 0.0432. The standard InChI is InChI=1S/C23H20N4/c1-16-8-10-26-19(14-24-21(26)12-16)23(18-6-4-3-5-7-18)20-15-25-22-13-17(2)9-11-27(20)22/h3-15,23H,1-2H3. The Kier molecular flexibility index (Phi) is 3.57. The largest absolute Gasteiger partial charge is 0.303 e. The van der Waals surface area contributed by atoms with Crippen LogP contribution in [0.5, 0.6) is 0 Å². The number of hydrogen-bond acceptors (Lipinski definition) is 2. The second-order valence-corrected chi connectivity index (χ2v) is 7.07. The second-order valence-electron chi connectivity index (χ2n) is 7.07. The predicted octanol–water partition coefficient (Wildman–Crippen LogP) is 4.78. The van der Waals surface area contributed by atoms with E-state index in [0.717, 1.165) is 22.7 Å². The molecule has 0 aliphatic carbocycles. The second kappa shape index (κ2) is 6.09. The minimum atomic E-state index is 0.0432. The van der Waals surface area contributed by atoms with Crippen LogP contribution in [0.1, 0.15) is 34.0 Å². The van der Waals surface area contributed by atoms with Crippen LogP contribution in [0, 0.1) is 13.8 Å². The fourth-order valence-corrected chi connectivity index (χ4v) is 3.77. The zero-order valence-electron chi connectivity index (χ0n) is 15.4. The average molecular weight is 352 g/mol. The first-order chi connectivity index (χ1) is 13.2. The van der Waals surface area contributed by atoms with Gasteiger partial charge in [-0.25, -0.2) is 9.97 Å². The Balaban J connectivity index is 1.79. The Morgan fingerprint density at radius 2 is 1.22 bits per heavy atom. The van der Waals surface area contributed by atoms with Crippen LogP contribution in [-0.4, -0.2) is 18.8 Å². The van der Waals surface area contributed by atoms with Crippen LogP contribution in [0.2, 0.25) is 0 Å². The van der Waals surface area contributed by atoms with Crippen molar-refractivity contribution in [3.05, 3.63) is 107 Å². The van der Waals surface area contributed by atoms with Crippen molar-refractivity contribution in [3.63, 3.8) is 0 Å². The summed E-state index contributed by atoms with van der Waals surface area (Å²) in [5.41, 5.74) is 7.85. The van der Waals surface area contributed by atoms with Gasteiger partial charge in [-0.2, -0.15) is 0 Å². The summed E-state index contributed by atoms with van der Waals surface area (Å²) in [6, 6.07) is 19.0. The lowest BCUT2D eigenvalue weighted by atomic mass is 9.93. The summed E-state index contributed by atoms with van der Waals surface area (Å²) in [6.45, 7) is 4.19. The smallest absolute Gasteiger partial charge is 0.137 e. The van der Waals surface area contributed by atoms with E-state index in [1.54, 1.807) is 0 Å². The molecule has 0 aliphatic rings. The van der Waals surface area contributed by atoms with Crippen LogP contribution in [0.3, 0.4) is 0 Å². The van der Waals surface area contributed by atoms with Crippen molar-refractivity contribution in [2.45, 2.75) is 19.8 Å². The molecule has 0 atom stereocenters. The SMILES string of the molecule is Cc1ccn2c(C(c3ccccc3)c3cnc4cc(C)ccn34)cnc2c1. The summed E-state index contributed by atoms with van der Waals surface area (Å²) in [6.07, 6.45) is 8.19. The molecule has 0 saturated heterocycles. The van der Waals surface area contributed by atoms with E-state index in [1.165, 1.54) is 16.7 Å². The van der Waals surface area contributed by atoms with Crippen molar-refractivity contribution in [2.24, 2.45) is 0 Å². The van der Waals surface area contributed by atoms with E-state index >= 15 is 0 Å². The molecule has 0 amide bonds. The first kappa shape index (κ1) is 15.8. The molecule has 132 valence electrons. The fourth-order valence-electron chi connectivity index (χ4n) is 3.77. The molecule has 4 aromatic heterocycles. The van der Waals surface area contributed by atoms with E-state index in [0.29, 0.717) is 0 Å². The maximum atomic E-state index is 4.66. The van der Waals surface area contributed by atoms with Gasteiger partial charge in [-0.3, -0.25) is 0 Å². The van der Waals surface area contributed by atoms with Gasteiger partial charge < -0.3 is 8.80 Å². The van der Waals surface area contributed by atoms with Crippen molar-refractivity contribution in [3.8, 4) is 0 Å². The molecular formula is C23H20N4. The summed E-state index contributed by atoms with van der Waals surface area (Å²) < 4.78 is 4.36. The summed E-state index contributed by atoms with van der Waals surface area (Å²) in [4.78, 5) is 9.33. The van der Waals surface area contributed by atoms with Crippen LogP contribution >= 0.6 is 0 Å². The molecule has 0 unspecified atom stereocenters. The molecule has 4 nitrogen and oxygen atoms in total. The zero-order valence-corrected chi connectivity index (χ0v) is 15.4. The molecular weight excluding hydrogens is 332 g/mol. The molecule has 0 fully saturated rings. The van der Waals surface area contributed by atoms with Gasteiger partial charge in [0.2, 0.25) is 0 Å². The average Bonchev–Trinajstić information content (AvgIpc) is 3.27. The third-order valence-corrected chi connectivity index (χ3v) is 5.12. The van der Waals surface area contributed by atoms with Gasteiger partial charge in [-0.1, -0.05) is 30.3 Å². The molecule has 4 heterocycles. The third kappa shape index (κ3) is 2.61. The number of fused-ring (bicyclic) bond motifs is 2. The van der Waals surface area contributed by atoms with Gasteiger partial charge in [0.05, 0.1) is 29.7 Å². The number of aryl methyl sites for hydroxylation is 2. The number of nitrogens with zero attached hydrogens (tertiary/aromatic N) is 4. The van der Waals surface area contributed by atoms with Gasteiger partial charge in [0.1, 0.15) is 11.3 Å². The molecule has 0 aliphatic heterocycles. The maximum absolute atomic E-state index is 4.66. The molecule has 0 bridgehead atoms. The molecule has 0 spiro atoms. The van der Waals surface area contributed by atoms with Gasteiger partial charge >= 0.3 is 0 Å². The van der Waals surface area contributed by atoms with E-state index in [-0.39, 0.29) is 5.92 Å². The quantitative estimate of drug-likeness (QED) is 0.468. The maximum Gasteiger partial charge on any atom is 0.137 e. The van der Waals surface area contributed by atoms with Crippen LogP contribution in [0.4, 0.5) is 0 Å². The molecule has 0 radical (unpaired) electrons. The Morgan fingerprint density at radius 1 is 0.704 bits per heavy atom. The van der Waals surface area contributed by atoms with Crippen molar-refractivity contribution in [2.75, 3.05) is 0 Å². The van der Waals surface area contributed by atoms with Crippen LogP contribution in [0.25, 0.3) is 11.3 Å². The zero-order chi connectivity index (χ0) is 18.4. The predicted molar refractivity (Wildman–Crippen MR) is 107 cm³/mol. The highest BCUT2D eigenvalue weighted by molar-refractivity contribution is 5.50. The number of hydrogen-bond donors (Lipinski definition) is 0. The molecule has 1 aromatic carbocycles. The monoisotopic (exact) mass is 352 g/mol. The molecule has 27 heavy (non-hydrogen) atoms. The highest BCUT2D eigenvalue weighted by Gasteiger charge is 2.23.